The van der Waals surface area contributed by atoms with Crippen molar-refractivity contribution >= 4 is 25.7 Å². The van der Waals surface area contributed by atoms with Crippen LogP contribution in [0.15, 0.2) is 23.1 Å². The van der Waals surface area contributed by atoms with Gasteiger partial charge in [0.2, 0.25) is 0 Å². The molecule has 0 aromatic heterocycles. The minimum Gasteiger partial charge on any atom is -0.492 e. The monoisotopic (exact) mass is 306 g/mol. The Kier molecular flexibility index (Phi) is 5.20. The molecule has 1 aromatic rings. The minimum atomic E-state index is -4.06. The number of halogens is 1. The number of carboxylic acids is 1. The zero-order chi connectivity index (χ0) is 14.6. The first-order valence-electron chi connectivity index (χ1n) is 5.66. The predicted octanol–water partition coefficient (Wildman–Crippen LogP) is 2.74. The van der Waals surface area contributed by atoms with Gasteiger partial charge in [-0.3, -0.25) is 0 Å². The normalized spacial score (nSPS) is 11.6. The third-order valence-corrected chi connectivity index (χ3v) is 3.75. The molecule has 0 unspecified atom stereocenters. The van der Waals surface area contributed by atoms with Gasteiger partial charge in [-0.1, -0.05) is 13.8 Å². The Hall–Kier alpha value is -1.27. The molecule has 0 saturated carbocycles. The van der Waals surface area contributed by atoms with Gasteiger partial charge in [0.15, 0.2) is 0 Å². The molecule has 7 heteroatoms. The fraction of sp³-hybridized carbons (Fsp3) is 0.417. The van der Waals surface area contributed by atoms with Gasteiger partial charge in [-0.05, 0) is 30.5 Å². The van der Waals surface area contributed by atoms with Crippen LogP contribution in [0.1, 0.15) is 30.6 Å². The van der Waals surface area contributed by atoms with E-state index in [9.17, 15) is 13.2 Å². The van der Waals surface area contributed by atoms with E-state index >= 15 is 0 Å². The van der Waals surface area contributed by atoms with Crippen LogP contribution in [-0.2, 0) is 9.05 Å². The van der Waals surface area contributed by atoms with Crippen LogP contribution in [-0.4, -0.2) is 26.1 Å². The third-order valence-electron chi connectivity index (χ3n) is 2.41. The lowest BCUT2D eigenvalue weighted by Gasteiger charge is -2.11. The van der Waals surface area contributed by atoms with Gasteiger partial charge in [0.25, 0.3) is 9.05 Å². The lowest BCUT2D eigenvalue weighted by molar-refractivity contribution is 0.0696. The van der Waals surface area contributed by atoms with Gasteiger partial charge in [0, 0.05) is 10.7 Å². The summed E-state index contributed by atoms with van der Waals surface area (Å²) in [5.41, 5.74) is -0.157. The van der Waals surface area contributed by atoms with Crippen molar-refractivity contribution in [1.82, 2.24) is 0 Å². The maximum Gasteiger partial charge on any atom is 0.335 e. The average Bonchev–Trinajstić information content (AvgIpc) is 2.27. The zero-order valence-electron chi connectivity index (χ0n) is 10.6. The number of hydrogen-bond acceptors (Lipinski definition) is 4. The summed E-state index contributed by atoms with van der Waals surface area (Å²) in [5, 5.41) is 8.84. The standard InChI is InChI=1S/C12H15ClO5S/c1-8(2)5-6-18-10-4-3-9(12(14)15)7-11(10)19(13,16)17/h3-4,7-8H,5-6H2,1-2H3,(H,14,15). The van der Waals surface area contributed by atoms with E-state index in [-0.39, 0.29) is 16.2 Å². The number of aromatic carboxylic acids is 1. The molecule has 0 amide bonds. The maximum atomic E-state index is 11.4. The van der Waals surface area contributed by atoms with Crippen molar-refractivity contribution in [3.8, 4) is 5.75 Å². The topological polar surface area (TPSA) is 80.7 Å². The van der Waals surface area contributed by atoms with E-state index in [2.05, 4.69) is 0 Å². The molecule has 19 heavy (non-hydrogen) atoms. The van der Waals surface area contributed by atoms with E-state index in [4.69, 9.17) is 20.5 Å². The summed E-state index contributed by atoms with van der Waals surface area (Å²) in [6, 6.07) is 3.58. The SMILES string of the molecule is CC(C)CCOc1ccc(C(=O)O)cc1S(=O)(=O)Cl. The van der Waals surface area contributed by atoms with Gasteiger partial charge in [-0.2, -0.15) is 0 Å². The number of benzene rings is 1. The molecule has 0 aliphatic rings. The van der Waals surface area contributed by atoms with Crippen molar-refractivity contribution in [2.45, 2.75) is 25.2 Å². The molecule has 0 heterocycles. The van der Waals surface area contributed by atoms with Crippen LogP contribution < -0.4 is 4.74 Å². The van der Waals surface area contributed by atoms with Crippen LogP contribution >= 0.6 is 10.7 Å². The summed E-state index contributed by atoms with van der Waals surface area (Å²) in [6.07, 6.45) is 0.752. The van der Waals surface area contributed by atoms with Gasteiger partial charge < -0.3 is 9.84 Å². The van der Waals surface area contributed by atoms with Crippen LogP contribution in [0.4, 0.5) is 0 Å². The number of ether oxygens (including phenoxy) is 1. The van der Waals surface area contributed by atoms with E-state index in [0.29, 0.717) is 12.5 Å². The van der Waals surface area contributed by atoms with E-state index in [0.717, 1.165) is 12.5 Å². The Labute approximate surface area is 116 Å². The molecule has 0 atom stereocenters. The first-order chi connectivity index (χ1) is 8.71. The first kappa shape index (κ1) is 15.8. The summed E-state index contributed by atoms with van der Waals surface area (Å²) in [7, 11) is 1.22. The first-order valence-corrected chi connectivity index (χ1v) is 7.97. The molecular weight excluding hydrogens is 292 g/mol. The highest BCUT2D eigenvalue weighted by molar-refractivity contribution is 8.13. The maximum absolute atomic E-state index is 11.4. The molecule has 0 radical (unpaired) electrons. The Morgan fingerprint density at radius 1 is 1.42 bits per heavy atom. The highest BCUT2D eigenvalue weighted by Crippen LogP contribution is 2.28. The fourth-order valence-corrected chi connectivity index (χ4v) is 2.35. The van der Waals surface area contributed by atoms with Gasteiger partial charge in [-0.15, -0.1) is 0 Å². The van der Waals surface area contributed by atoms with Crippen LogP contribution in [0.2, 0.25) is 0 Å². The van der Waals surface area contributed by atoms with Gasteiger partial charge in [0.1, 0.15) is 10.6 Å². The van der Waals surface area contributed by atoms with Crippen molar-refractivity contribution in [2.24, 2.45) is 5.92 Å². The lowest BCUT2D eigenvalue weighted by atomic mass is 10.1. The lowest BCUT2D eigenvalue weighted by Crippen LogP contribution is -2.06. The van der Waals surface area contributed by atoms with E-state index < -0.39 is 15.0 Å². The number of hydrogen-bond donors (Lipinski definition) is 1. The third kappa shape index (κ3) is 4.72. The van der Waals surface area contributed by atoms with Crippen molar-refractivity contribution in [2.75, 3.05) is 6.61 Å². The van der Waals surface area contributed by atoms with Gasteiger partial charge in [0.05, 0.1) is 12.2 Å². The van der Waals surface area contributed by atoms with Gasteiger partial charge in [-0.25, -0.2) is 13.2 Å². The smallest absolute Gasteiger partial charge is 0.335 e. The molecule has 1 aromatic carbocycles. The summed E-state index contributed by atoms with van der Waals surface area (Å²) >= 11 is 0. The van der Waals surface area contributed by atoms with Crippen LogP contribution in [0, 0.1) is 5.92 Å². The second kappa shape index (κ2) is 6.25. The number of carboxylic acid groups (broad SMARTS) is 1. The molecule has 0 bridgehead atoms. The highest BCUT2D eigenvalue weighted by Gasteiger charge is 2.19. The molecule has 0 aliphatic heterocycles. The van der Waals surface area contributed by atoms with E-state index in [1.165, 1.54) is 12.1 Å². The van der Waals surface area contributed by atoms with Crippen molar-refractivity contribution in [3.63, 3.8) is 0 Å². The summed E-state index contributed by atoms with van der Waals surface area (Å²) in [4.78, 5) is 10.5. The quantitative estimate of drug-likeness (QED) is 0.817. The summed E-state index contributed by atoms with van der Waals surface area (Å²) in [5.74, 6) is -0.745. The Morgan fingerprint density at radius 3 is 2.53 bits per heavy atom. The number of carbonyl (C=O) groups is 1. The molecule has 0 fully saturated rings. The largest absolute Gasteiger partial charge is 0.492 e. The van der Waals surface area contributed by atoms with Crippen LogP contribution in [0.25, 0.3) is 0 Å². The molecule has 5 nitrogen and oxygen atoms in total. The van der Waals surface area contributed by atoms with Crippen LogP contribution in [0.3, 0.4) is 0 Å². The van der Waals surface area contributed by atoms with Crippen molar-refractivity contribution in [1.29, 1.82) is 0 Å². The molecule has 0 aliphatic carbocycles. The van der Waals surface area contributed by atoms with Crippen molar-refractivity contribution in [3.05, 3.63) is 23.8 Å². The zero-order valence-corrected chi connectivity index (χ0v) is 12.2. The van der Waals surface area contributed by atoms with Crippen molar-refractivity contribution < 1.29 is 23.1 Å². The average molecular weight is 307 g/mol. The Morgan fingerprint density at radius 2 is 2.05 bits per heavy atom. The molecule has 1 N–H and O–H groups in total. The Bertz CT molecular complexity index is 565. The predicted molar refractivity (Wildman–Crippen MR) is 71.4 cm³/mol. The van der Waals surface area contributed by atoms with Crippen LogP contribution in [0.5, 0.6) is 5.75 Å². The van der Waals surface area contributed by atoms with E-state index in [1.807, 2.05) is 13.8 Å². The minimum absolute atomic E-state index is 0.0700. The molecule has 0 spiro atoms. The second-order valence-electron chi connectivity index (χ2n) is 4.44. The van der Waals surface area contributed by atoms with E-state index in [1.54, 1.807) is 0 Å². The number of rotatable bonds is 6. The molecule has 106 valence electrons. The highest BCUT2D eigenvalue weighted by atomic mass is 35.7. The fourth-order valence-electron chi connectivity index (χ4n) is 1.36. The second-order valence-corrected chi connectivity index (χ2v) is 6.97. The Balaban J connectivity index is 3.07. The summed E-state index contributed by atoms with van der Waals surface area (Å²) < 4.78 is 28.2. The molecule has 1 rings (SSSR count). The summed E-state index contributed by atoms with van der Waals surface area (Å²) in [6.45, 7) is 4.36. The molecule has 0 saturated heterocycles. The molecular formula is C12H15ClO5S. The van der Waals surface area contributed by atoms with Gasteiger partial charge >= 0.3 is 5.97 Å².